The Kier molecular flexibility index (Phi) is 5.37. The van der Waals surface area contributed by atoms with Crippen molar-refractivity contribution >= 4 is 22.7 Å². The summed E-state index contributed by atoms with van der Waals surface area (Å²) in [5.74, 6) is -0.443. The molecular weight excluding hydrogens is 347 g/mol. The maximum atomic E-state index is 13.1. The normalized spacial score (nSPS) is 12.9. The molecule has 1 amide bonds. The molecule has 0 saturated heterocycles. The summed E-state index contributed by atoms with van der Waals surface area (Å²) in [6.45, 7) is 3.23. The van der Waals surface area contributed by atoms with Crippen LogP contribution >= 0.6 is 0 Å². The average molecular weight is 361 g/mol. The molecule has 0 aliphatic heterocycles. The van der Waals surface area contributed by atoms with Crippen LogP contribution in [0.2, 0.25) is 0 Å². The van der Waals surface area contributed by atoms with Gasteiger partial charge in [0.1, 0.15) is 0 Å². The van der Waals surface area contributed by atoms with Crippen LogP contribution in [0.25, 0.3) is 0 Å². The van der Waals surface area contributed by atoms with E-state index < -0.39 is 33.3 Å². The molecule has 6 nitrogen and oxygen atoms in total. The number of hydrogen-bond donors (Lipinski definition) is 1. The summed E-state index contributed by atoms with van der Waals surface area (Å²) in [7, 11) is -1.86. The van der Waals surface area contributed by atoms with Gasteiger partial charge in [-0.05, 0) is 24.6 Å². The number of anilines is 1. The van der Waals surface area contributed by atoms with Crippen molar-refractivity contribution < 1.29 is 26.6 Å². The molecule has 1 atom stereocenters. The lowest BCUT2D eigenvalue weighted by Gasteiger charge is -2.13. The molecule has 0 bridgehead atoms. The molecule has 10 heteroatoms. The van der Waals surface area contributed by atoms with Gasteiger partial charge in [0, 0.05) is 18.2 Å². The van der Waals surface area contributed by atoms with Crippen molar-refractivity contribution in [3.8, 4) is 0 Å². The zero-order chi connectivity index (χ0) is 17.9. The SMILES string of the molecule is CCC[S@@](=O)c1cc(C(=O)Nc2nnc(C)o2)ccc1C(F)(F)F. The van der Waals surface area contributed by atoms with E-state index >= 15 is 0 Å². The van der Waals surface area contributed by atoms with Crippen molar-refractivity contribution in [2.75, 3.05) is 11.1 Å². The van der Waals surface area contributed by atoms with Crippen molar-refractivity contribution in [2.45, 2.75) is 31.3 Å². The Bertz CT molecular complexity index is 774. The number of aromatic nitrogens is 2. The van der Waals surface area contributed by atoms with Gasteiger partial charge in [-0.15, -0.1) is 5.10 Å². The minimum atomic E-state index is -4.66. The number of hydrogen-bond acceptors (Lipinski definition) is 5. The smallest absolute Gasteiger partial charge is 0.408 e. The largest absolute Gasteiger partial charge is 0.417 e. The second-order valence-corrected chi connectivity index (χ2v) is 6.38. The van der Waals surface area contributed by atoms with Crippen molar-refractivity contribution in [3.05, 3.63) is 35.2 Å². The van der Waals surface area contributed by atoms with Crippen molar-refractivity contribution in [1.82, 2.24) is 10.2 Å². The van der Waals surface area contributed by atoms with Gasteiger partial charge in [-0.3, -0.25) is 14.3 Å². The van der Waals surface area contributed by atoms with Crippen molar-refractivity contribution in [1.29, 1.82) is 0 Å². The fourth-order valence-corrected chi connectivity index (χ4v) is 3.18. The molecule has 2 aromatic rings. The molecule has 1 aromatic carbocycles. The highest BCUT2D eigenvalue weighted by Gasteiger charge is 2.35. The Morgan fingerprint density at radius 3 is 2.58 bits per heavy atom. The summed E-state index contributed by atoms with van der Waals surface area (Å²) in [5.41, 5.74) is -1.10. The molecule has 1 heterocycles. The predicted molar refractivity (Wildman–Crippen MR) is 80.0 cm³/mol. The highest BCUT2D eigenvalue weighted by atomic mass is 32.2. The predicted octanol–water partition coefficient (Wildman–Crippen LogP) is 3.17. The lowest BCUT2D eigenvalue weighted by molar-refractivity contribution is -0.139. The van der Waals surface area contributed by atoms with E-state index in [4.69, 9.17) is 4.42 Å². The van der Waals surface area contributed by atoms with Crippen LogP contribution in [0, 0.1) is 6.92 Å². The number of amides is 1. The number of alkyl halides is 3. The Labute approximate surface area is 137 Å². The summed E-state index contributed by atoms with van der Waals surface area (Å²) in [4.78, 5) is 11.7. The van der Waals surface area contributed by atoms with Gasteiger partial charge in [0.15, 0.2) is 0 Å². The van der Waals surface area contributed by atoms with Gasteiger partial charge in [0.25, 0.3) is 5.91 Å². The van der Waals surface area contributed by atoms with Crippen LogP contribution < -0.4 is 5.32 Å². The zero-order valence-corrected chi connectivity index (χ0v) is 13.6. The number of rotatable bonds is 5. The van der Waals surface area contributed by atoms with Crippen LogP contribution in [0.4, 0.5) is 19.2 Å². The van der Waals surface area contributed by atoms with Gasteiger partial charge in [-0.25, -0.2) is 0 Å². The minimum Gasteiger partial charge on any atom is -0.408 e. The molecule has 0 aliphatic carbocycles. The van der Waals surface area contributed by atoms with Gasteiger partial charge in [0.05, 0.1) is 21.3 Å². The van der Waals surface area contributed by atoms with Gasteiger partial charge >= 0.3 is 12.2 Å². The van der Waals surface area contributed by atoms with Crippen LogP contribution in [0.3, 0.4) is 0 Å². The lowest BCUT2D eigenvalue weighted by atomic mass is 10.1. The molecular formula is C14H14F3N3O3S. The quantitative estimate of drug-likeness (QED) is 0.884. The van der Waals surface area contributed by atoms with Crippen LogP contribution in [-0.4, -0.2) is 26.1 Å². The summed E-state index contributed by atoms with van der Waals surface area (Å²) in [6, 6.07) is 2.56. The van der Waals surface area contributed by atoms with E-state index in [2.05, 4.69) is 15.5 Å². The second kappa shape index (κ2) is 7.12. The highest BCUT2D eigenvalue weighted by molar-refractivity contribution is 7.85. The van der Waals surface area contributed by atoms with E-state index in [1.807, 2.05) is 0 Å². The van der Waals surface area contributed by atoms with Crippen LogP contribution in [0.5, 0.6) is 0 Å². The van der Waals surface area contributed by atoms with Gasteiger partial charge in [-0.2, -0.15) is 13.2 Å². The Hall–Kier alpha value is -2.23. The monoisotopic (exact) mass is 361 g/mol. The van der Waals surface area contributed by atoms with Gasteiger partial charge < -0.3 is 4.42 Å². The Morgan fingerprint density at radius 1 is 1.33 bits per heavy atom. The summed E-state index contributed by atoms with van der Waals surface area (Å²) in [6.07, 6.45) is -4.21. The first-order valence-corrected chi connectivity index (χ1v) is 8.25. The molecule has 0 unspecified atom stereocenters. The summed E-state index contributed by atoms with van der Waals surface area (Å²) in [5, 5.41) is 9.36. The molecule has 1 N–H and O–H groups in total. The fraction of sp³-hybridized carbons (Fsp3) is 0.357. The number of aryl methyl sites for hydroxylation is 1. The van der Waals surface area contributed by atoms with E-state index in [-0.39, 0.29) is 23.2 Å². The molecule has 2 rings (SSSR count). The summed E-state index contributed by atoms with van der Waals surface area (Å²) < 4.78 is 56.3. The highest BCUT2D eigenvalue weighted by Crippen LogP contribution is 2.34. The van der Waals surface area contributed by atoms with Crippen LogP contribution in [-0.2, 0) is 17.0 Å². The standard InChI is InChI=1S/C14H14F3N3O3S/c1-3-6-24(22)11-7-9(4-5-10(11)14(15,16)17)12(21)18-13-20-19-8(2)23-13/h4-5,7H,3,6H2,1-2H3,(H,18,20,21)/t24-/m1/s1. The number of nitrogens with zero attached hydrogens (tertiary/aromatic N) is 2. The van der Waals surface area contributed by atoms with E-state index in [1.165, 1.54) is 6.92 Å². The number of carbonyl (C=O) groups excluding carboxylic acids is 1. The minimum absolute atomic E-state index is 0.0665. The van der Waals surface area contributed by atoms with Crippen molar-refractivity contribution in [3.63, 3.8) is 0 Å². The first-order valence-electron chi connectivity index (χ1n) is 6.93. The van der Waals surface area contributed by atoms with Crippen molar-refractivity contribution in [2.24, 2.45) is 0 Å². The zero-order valence-electron chi connectivity index (χ0n) is 12.8. The third-order valence-corrected chi connectivity index (χ3v) is 4.54. The molecule has 1 aromatic heterocycles. The lowest BCUT2D eigenvalue weighted by Crippen LogP contribution is -2.16. The third-order valence-electron chi connectivity index (χ3n) is 2.93. The topological polar surface area (TPSA) is 85.1 Å². The van der Waals surface area contributed by atoms with Gasteiger partial charge in [-0.1, -0.05) is 12.0 Å². The van der Waals surface area contributed by atoms with E-state index in [1.54, 1.807) is 6.92 Å². The third kappa shape index (κ3) is 4.19. The van der Waals surface area contributed by atoms with Crippen LogP contribution in [0.15, 0.2) is 27.5 Å². The van der Waals surface area contributed by atoms with Crippen LogP contribution in [0.1, 0.15) is 35.2 Å². The number of nitrogens with one attached hydrogen (secondary N) is 1. The molecule has 0 saturated carbocycles. The molecule has 0 fully saturated rings. The Balaban J connectivity index is 2.36. The molecule has 0 aliphatic rings. The summed E-state index contributed by atoms with van der Waals surface area (Å²) >= 11 is 0. The molecule has 0 spiro atoms. The average Bonchev–Trinajstić information content (AvgIpc) is 2.91. The first kappa shape index (κ1) is 18.1. The van der Waals surface area contributed by atoms with E-state index in [0.29, 0.717) is 6.42 Å². The second-order valence-electron chi connectivity index (χ2n) is 4.84. The number of benzene rings is 1. The molecule has 130 valence electrons. The molecule has 0 radical (unpaired) electrons. The van der Waals surface area contributed by atoms with E-state index in [0.717, 1.165) is 18.2 Å². The number of halogens is 3. The van der Waals surface area contributed by atoms with E-state index in [9.17, 15) is 22.2 Å². The first-order chi connectivity index (χ1) is 11.2. The van der Waals surface area contributed by atoms with Gasteiger partial charge in [0.2, 0.25) is 5.89 Å². The Morgan fingerprint density at radius 2 is 2.04 bits per heavy atom. The number of carbonyl (C=O) groups is 1. The maximum absolute atomic E-state index is 13.1. The molecule has 24 heavy (non-hydrogen) atoms. The fourth-order valence-electron chi connectivity index (χ4n) is 1.90. The maximum Gasteiger partial charge on any atom is 0.417 e.